The fourth-order valence-electron chi connectivity index (χ4n) is 1.39. The zero-order valence-corrected chi connectivity index (χ0v) is 10.9. The van der Waals surface area contributed by atoms with Crippen LogP contribution in [0.2, 0.25) is 0 Å². The number of nitrogens with one attached hydrogen (secondary N) is 1. The summed E-state index contributed by atoms with van der Waals surface area (Å²) in [6.45, 7) is 5.38. The van der Waals surface area contributed by atoms with Crippen molar-refractivity contribution in [1.82, 2.24) is 15.1 Å². The molecule has 0 bridgehead atoms. The highest BCUT2D eigenvalue weighted by atomic mass is 16.4. The smallest absolute Gasteiger partial charge is 0.320 e. The minimum Gasteiger partial charge on any atom is -0.480 e. The summed E-state index contributed by atoms with van der Waals surface area (Å²) in [6, 6.07) is -0.424. The zero-order chi connectivity index (χ0) is 12.6. The van der Waals surface area contributed by atoms with Gasteiger partial charge in [0.15, 0.2) is 0 Å². The first-order chi connectivity index (χ1) is 7.47. The lowest BCUT2D eigenvalue weighted by atomic mass is 10.2. The lowest BCUT2D eigenvalue weighted by Crippen LogP contribution is -2.40. The van der Waals surface area contributed by atoms with Crippen molar-refractivity contribution in [2.24, 2.45) is 0 Å². The maximum absolute atomic E-state index is 10.9. The molecule has 0 spiro atoms. The molecule has 1 atom stereocenters. The number of hydrogen-bond donors (Lipinski definition) is 2. The normalized spacial score (nSPS) is 13.4. The third-order valence-corrected chi connectivity index (χ3v) is 2.48. The monoisotopic (exact) mass is 231 g/mol. The molecule has 0 fully saturated rings. The molecule has 0 heterocycles. The SMILES string of the molecule is CCNC(CCN(C)CCN(C)C)C(=O)O. The van der Waals surface area contributed by atoms with Gasteiger partial charge < -0.3 is 20.2 Å². The molecular formula is C11H25N3O2. The van der Waals surface area contributed by atoms with E-state index in [0.29, 0.717) is 13.0 Å². The van der Waals surface area contributed by atoms with Gasteiger partial charge in [-0.25, -0.2) is 0 Å². The van der Waals surface area contributed by atoms with E-state index in [1.807, 2.05) is 28.1 Å². The van der Waals surface area contributed by atoms with Gasteiger partial charge in [0.2, 0.25) is 0 Å². The molecule has 0 aromatic heterocycles. The van der Waals surface area contributed by atoms with Gasteiger partial charge in [-0.05, 0) is 40.7 Å². The second-order valence-corrected chi connectivity index (χ2v) is 4.34. The van der Waals surface area contributed by atoms with E-state index >= 15 is 0 Å². The standard InChI is InChI=1S/C11H25N3O2/c1-5-12-10(11(15)16)6-7-14(4)9-8-13(2)3/h10,12H,5-9H2,1-4H3,(H,15,16). The van der Waals surface area contributed by atoms with Gasteiger partial charge in [-0.1, -0.05) is 6.92 Å². The predicted molar refractivity (Wildman–Crippen MR) is 65.8 cm³/mol. The summed E-state index contributed by atoms with van der Waals surface area (Å²) in [6.07, 6.45) is 0.646. The number of hydrogen-bond acceptors (Lipinski definition) is 4. The molecular weight excluding hydrogens is 206 g/mol. The van der Waals surface area contributed by atoms with Crippen molar-refractivity contribution in [3.63, 3.8) is 0 Å². The summed E-state index contributed by atoms with van der Waals surface area (Å²) < 4.78 is 0. The first-order valence-electron chi connectivity index (χ1n) is 5.76. The highest BCUT2D eigenvalue weighted by Gasteiger charge is 2.15. The molecule has 5 heteroatoms. The Morgan fingerprint density at radius 3 is 2.31 bits per heavy atom. The molecule has 0 amide bonds. The van der Waals surface area contributed by atoms with E-state index in [0.717, 1.165) is 19.6 Å². The maximum Gasteiger partial charge on any atom is 0.320 e. The number of likely N-dealkylation sites (N-methyl/N-ethyl adjacent to an activating group) is 3. The van der Waals surface area contributed by atoms with E-state index in [1.54, 1.807) is 0 Å². The molecule has 0 aromatic carbocycles. The van der Waals surface area contributed by atoms with Crippen LogP contribution in [0.15, 0.2) is 0 Å². The predicted octanol–water partition coefficient (Wildman–Crippen LogP) is -0.0674. The molecule has 0 aliphatic rings. The lowest BCUT2D eigenvalue weighted by Gasteiger charge is -2.21. The summed E-state index contributed by atoms with van der Waals surface area (Å²) >= 11 is 0. The van der Waals surface area contributed by atoms with Crippen LogP contribution in [-0.4, -0.2) is 74.2 Å². The van der Waals surface area contributed by atoms with Crippen LogP contribution < -0.4 is 5.32 Å². The van der Waals surface area contributed by atoms with Crippen LogP contribution in [0.1, 0.15) is 13.3 Å². The van der Waals surface area contributed by atoms with Crippen LogP contribution in [0.25, 0.3) is 0 Å². The van der Waals surface area contributed by atoms with Crippen molar-refractivity contribution in [2.45, 2.75) is 19.4 Å². The molecule has 0 aromatic rings. The van der Waals surface area contributed by atoms with Crippen molar-refractivity contribution in [2.75, 3.05) is 47.3 Å². The Morgan fingerprint density at radius 1 is 1.25 bits per heavy atom. The van der Waals surface area contributed by atoms with E-state index in [9.17, 15) is 4.79 Å². The highest BCUT2D eigenvalue weighted by Crippen LogP contribution is 1.95. The average molecular weight is 231 g/mol. The molecule has 2 N–H and O–H groups in total. The maximum atomic E-state index is 10.9. The quantitative estimate of drug-likeness (QED) is 0.582. The Kier molecular flexibility index (Phi) is 8.15. The van der Waals surface area contributed by atoms with Crippen LogP contribution in [0, 0.1) is 0 Å². The van der Waals surface area contributed by atoms with Crippen LogP contribution in [0.3, 0.4) is 0 Å². The summed E-state index contributed by atoms with van der Waals surface area (Å²) in [4.78, 5) is 15.2. The number of rotatable bonds is 9. The first-order valence-corrected chi connectivity index (χ1v) is 5.76. The Hall–Kier alpha value is -0.650. The van der Waals surface area contributed by atoms with Crippen molar-refractivity contribution < 1.29 is 9.90 Å². The fraction of sp³-hybridized carbons (Fsp3) is 0.909. The van der Waals surface area contributed by atoms with E-state index in [1.165, 1.54) is 0 Å². The third kappa shape index (κ3) is 7.62. The summed E-state index contributed by atoms with van der Waals surface area (Å²) in [5.41, 5.74) is 0. The van der Waals surface area contributed by atoms with Gasteiger partial charge in [-0.2, -0.15) is 0 Å². The van der Waals surface area contributed by atoms with Crippen molar-refractivity contribution in [3.8, 4) is 0 Å². The topological polar surface area (TPSA) is 55.8 Å². The lowest BCUT2D eigenvalue weighted by molar-refractivity contribution is -0.139. The molecule has 16 heavy (non-hydrogen) atoms. The number of carbonyl (C=O) groups is 1. The van der Waals surface area contributed by atoms with Crippen LogP contribution in [0.4, 0.5) is 0 Å². The van der Waals surface area contributed by atoms with Crippen molar-refractivity contribution in [3.05, 3.63) is 0 Å². The minimum absolute atomic E-state index is 0.424. The fourth-order valence-corrected chi connectivity index (χ4v) is 1.39. The molecule has 5 nitrogen and oxygen atoms in total. The summed E-state index contributed by atoms with van der Waals surface area (Å²) in [7, 11) is 6.09. The minimum atomic E-state index is -0.761. The molecule has 0 radical (unpaired) electrons. The molecule has 0 aliphatic carbocycles. The third-order valence-electron chi connectivity index (χ3n) is 2.48. The van der Waals surface area contributed by atoms with Crippen LogP contribution >= 0.6 is 0 Å². The second-order valence-electron chi connectivity index (χ2n) is 4.34. The van der Waals surface area contributed by atoms with E-state index in [4.69, 9.17) is 5.11 Å². The number of aliphatic carboxylic acids is 1. The largest absolute Gasteiger partial charge is 0.480 e. The van der Waals surface area contributed by atoms with E-state index in [-0.39, 0.29) is 0 Å². The number of carboxylic acid groups (broad SMARTS) is 1. The Morgan fingerprint density at radius 2 is 1.88 bits per heavy atom. The second kappa shape index (κ2) is 8.50. The summed E-state index contributed by atoms with van der Waals surface area (Å²) in [5, 5.41) is 11.9. The molecule has 0 saturated carbocycles. The summed E-state index contributed by atoms with van der Waals surface area (Å²) in [5.74, 6) is -0.761. The number of carboxylic acids is 1. The molecule has 0 saturated heterocycles. The van der Waals surface area contributed by atoms with E-state index < -0.39 is 12.0 Å². The Labute approximate surface area is 98.4 Å². The van der Waals surface area contributed by atoms with Gasteiger partial charge in [0, 0.05) is 13.1 Å². The average Bonchev–Trinajstić information content (AvgIpc) is 2.20. The van der Waals surface area contributed by atoms with Gasteiger partial charge >= 0.3 is 5.97 Å². The molecule has 1 unspecified atom stereocenters. The van der Waals surface area contributed by atoms with Gasteiger partial charge in [-0.3, -0.25) is 4.79 Å². The molecule has 0 aliphatic heterocycles. The van der Waals surface area contributed by atoms with Gasteiger partial charge in [0.25, 0.3) is 0 Å². The van der Waals surface area contributed by atoms with Crippen molar-refractivity contribution >= 4 is 5.97 Å². The number of nitrogens with zero attached hydrogens (tertiary/aromatic N) is 2. The van der Waals surface area contributed by atoms with Gasteiger partial charge in [-0.15, -0.1) is 0 Å². The molecule has 0 rings (SSSR count). The van der Waals surface area contributed by atoms with Gasteiger partial charge in [0.05, 0.1) is 0 Å². The molecule has 96 valence electrons. The zero-order valence-electron chi connectivity index (χ0n) is 10.9. The van der Waals surface area contributed by atoms with Crippen LogP contribution in [0.5, 0.6) is 0 Å². The van der Waals surface area contributed by atoms with E-state index in [2.05, 4.69) is 15.1 Å². The van der Waals surface area contributed by atoms with Crippen molar-refractivity contribution in [1.29, 1.82) is 0 Å². The highest BCUT2D eigenvalue weighted by molar-refractivity contribution is 5.73. The first kappa shape index (κ1) is 15.3. The van der Waals surface area contributed by atoms with Crippen LogP contribution in [-0.2, 0) is 4.79 Å². The Balaban J connectivity index is 3.77. The Bertz CT molecular complexity index is 198. The van der Waals surface area contributed by atoms with Gasteiger partial charge in [0.1, 0.15) is 6.04 Å².